The first-order chi connectivity index (χ1) is 12.1. The fraction of sp³-hybridized carbons (Fsp3) is 0.571. The minimum absolute atomic E-state index is 0.624. The lowest BCUT2D eigenvalue weighted by Gasteiger charge is -2.33. The van der Waals surface area contributed by atoms with E-state index in [1.165, 1.54) is 44.5 Å². The zero-order valence-electron chi connectivity index (χ0n) is 15.4. The molecule has 1 aliphatic heterocycles. The standard InChI is InChI=1S/C21H29N3O/c1-17-5-6-20(25-17)16-24-10-7-21(8-11-24)12-19(21)15-23(2)14-18-4-3-9-22-13-18/h3-6,9,13,19H,7-8,10-12,14-16H2,1-2H3/t19-/m0/s1. The zero-order valence-corrected chi connectivity index (χ0v) is 15.4. The molecular weight excluding hydrogens is 310 g/mol. The summed E-state index contributed by atoms with van der Waals surface area (Å²) in [6.45, 7) is 7.63. The van der Waals surface area contributed by atoms with Gasteiger partial charge in [0.15, 0.2) is 0 Å². The Labute approximate surface area is 150 Å². The van der Waals surface area contributed by atoms with Gasteiger partial charge in [-0.3, -0.25) is 9.88 Å². The maximum atomic E-state index is 5.73. The van der Waals surface area contributed by atoms with Crippen LogP contribution < -0.4 is 0 Å². The molecule has 2 aromatic rings. The Morgan fingerprint density at radius 1 is 1.28 bits per heavy atom. The number of furan rings is 1. The van der Waals surface area contributed by atoms with Gasteiger partial charge in [0, 0.05) is 25.5 Å². The Morgan fingerprint density at radius 2 is 2.12 bits per heavy atom. The van der Waals surface area contributed by atoms with Crippen LogP contribution in [0.5, 0.6) is 0 Å². The van der Waals surface area contributed by atoms with Crippen molar-refractivity contribution in [3.63, 3.8) is 0 Å². The maximum absolute atomic E-state index is 5.73. The first-order valence-electron chi connectivity index (χ1n) is 9.48. The Bertz CT molecular complexity index is 688. The van der Waals surface area contributed by atoms with Gasteiger partial charge < -0.3 is 9.32 Å². The molecule has 1 atom stereocenters. The second-order valence-corrected chi connectivity index (χ2v) is 8.11. The lowest BCUT2D eigenvalue weighted by Crippen LogP contribution is -2.35. The van der Waals surface area contributed by atoms with E-state index in [0.29, 0.717) is 5.41 Å². The Morgan fingerprint density at radius 3 is 2.80 bits per heavy atom. The van der Waals surface area contributed by atoms with E-state index in [-0.39, 0.29) is 0 Å². The van der Waals surface area contributed by atoms with Gasteiger partial charge in [0.2, 0.25) is 0 Å². The van der Waals surface area contributed by atoms with Crippen LogP contribution in [0, 0.1) is 18.3 Å². The largest absolute Gasteiger partial charge is 0.465 e. The predicted octanol–water partition coefficient (Wildman–Crippen LogP) is 3.72. The number of aryl methyl sites for hydroxylation is 1. The Kier molecular flexibility index (Phi) is 4.65. The van der Waals surface area contributed by atoms with E-state index >= 15 is 0 Å². The molecule has 4 heteroatoms. The molecule has 1 saturated carbocycles. The molecule has 0 amide bonds. The quantitative estimate of drug-likeness (QED) is 0.803. The molecule has 2 aliphatic rings. The molecule has 4 rings (SSSR count). The third kappa shape index (κ3) is 3.96. The minimum Gasteiger partial charge on any atom is -0.465 e. The van der Waals surface area contributed by atoms with Crippen LogP contribution in [0.3, 0.4) is 0 Å². The highest BCUT2D eigenvalue weighted by Gasteiger charge is 2.54. The van der Waals surface area contributed by atoms with Gasteiger partial charge in [0.25, 0.3) is 0 Å². The summed E-state index contributed by atoms with van der Waals surface area (Å²) in [7, 11) is 2.24. The van der Waals surface area contributed by atoms with Crippen LogP contribution in [-0.2, 0) is 13.1 Å². The predicted molar refractivity (Wildman–Crippen MR) is 99.1 cm³/mol. The van der Waals surface area contributed by atoms with Crippen molar-refractivity contribution >= 4 is 0 Å². The smallest absolute Gasteiger partial charge is 0.118 e. The van der Waals surface area contributed by atoms with Gasteiger partial charge in [0.1, 0.15) is 11.5 Å². The van der Waals surface area contributed by atoms with Gasteiger partial charge in [0.05, 0.1) is 6.54 Å². The van der Waals surface area contributed by atoms with E-state index in [9.17, 15) is 0 Å². The molecule has 0 aromatic carbocycles. The number of pyridine rings is 1. The number of aromatic nitrogens is 1. The third-order valence-corrected chi connectivity index (χ3v) is 6.09. The molecule has 0 bridgehead atoms. The first kappa shape index (κ1) is 16.8. The molecule has 25 heavy (non-hydrogen) atoms. The summed E-state index contributed by atoms with van der Waals surface area (Å²) >= 11 is 0. The van der Waals surface area contributed by atoms with Gasteiger partial charge in [-0.25, -0.2) is 0 Å². The second-order valence-electron chi connectivity index (χ2n) is 8.11. The Hall–Kier alpha value is -1.65. The van der Waals surface area contributed by atoms with Crippen LogP contribution in [0.1, 0.15) is 36.3 Å². The lowest BCUT2D eigenvalue weighted by molar-refractivity contribution is 0.140. The molecule has 4 nitrogen and oxygen atoms in total. The van der Waals surface area contributed by atoms with E-state index in [4.69, 9.17) is 4.42 Å². The molecule has 2 aromatic heterocycles. The third-order valence-electron chi connectivity index (χ3n) is 6.09. The van der Waals surface area contributed by atoms with Gasteiger partial charge in [-0.15, -0.1) is 0 Å². The average Bonchev–Trinajstić information content (AvgIpc) is 3.08. The minimum atomic E-state index is 0.624. The first-order valence-corrected chi connectivity index (χ1v) is 9.48. The SMILES string of the molecule is Cc1ccc(CN2CCC3(CC2)C[C@H]3CN(C)Cc2cccnc2)o1. The molecule has 0 radical (unpaired) electrons. The van der Waals surface area contributed by atoms with E-state index in [1.54, 1.807) is 0 Å². The van der Waals surface area contributed by atoms with E-state index < -0.39 is 0 Å². The maximum Gasteiger partial charge on any atom is 0.118 e. The molecule has 0 N–H and O–H groups in total. The van der Waals surface area contributed by atoms with Crippen LogP contribution in [0.25, 0.3) is 0 Å². The summed E-state index contributed by atoms with van der Waals surface area (Å²) < 4.78 is 5.73. The van der Waals surface area contributed by atoms with E-state index in [0.717, 1.165) is 30.5 Å². The van der Waals surface area contributed by atoms with Crippen molar-refractivity contribution in [2.45, 2.75) is 39.3 Å². The molecule has 134 valence electrons. The molecule has 1 saturated heterocycles. The molecule has 2 fully saturated rings. The summed E-state index contributed by atoms with van der Waals surface area (Å²) in [4.78, 5) is 9.24. The fourth-order valence-electron chi connectivity index (χ4n) is 4.49. The number of hydrogen-bond acceptors (Lipinski definition) is 4. The summed E-state index contributed by atoms with van der Waals surface area (Å²) in [6, 6.07) is 8.38. The molecule has 1 spiro atoms. The van der Waals surface area contributed by atoms with Crippen molar-refractivity contribution in [1.29, 1.82) is 0 Å². The highest BCUT2D eigenvalue weighted by atomic mass is 16.3. The molecule has 3 heterocycles. The molecule has 1 aliphatic carbocycles. The fourth-order valence-corrected chi connectivity index (χ4v) is 4.49. The number of piperidine rings is 1. The van der Waals surface area contributed by atoms with Crippen LogP contribution in [0.15, 0.2) is 41.1 Å². The zero-order chi connectivity index (χ0) is 17.3. The van der Waals surface area contributed by atoms with Crippen molar-refractivity contribution in [1.82, 2.24) is 14.8 Å². The van der Waals surface area contributed by atoms with Crippen molar-refractivity contribution in [3.05, 3.63) is 53.7 Å². The highest BCUT2D eigenvalue weighted by Crippen LogP contribution is 2.59. The van der Waals surface area contributed by atoms with Gasteiger partial charge >= 0.3 is 0 Å². The van der Waals surface area contributed by atoms with Crippen molar-refractivity contribution in [3.8, 4) is 0 Å². The van der Waals surface area contributed by atoms with Gasteiger partial charge in [-0.1, -0.05) is 6.07 Å². The summed E-state index contributed by atoms with van der Waals surface area (Å²) in [5, 5.41) is 0. The second kappa shape index (κ2) is 6.93. The van der Waals surface area contributed by atoms with Crippen molar-refractivity contribution in [2.24, 2.45) is 11.3 Å². The van der Waals surface area contributed by atoms with Crippen LogP contribution in [0.4, 0.5) is 0 Å². The monoisotopic (exact) mass is 339 g/mol. The summed E-state index contributed by atoms with van der Waals surface area (Å²) in [5.74, 6) is 3.00. The van der Waals surface area contributed by atoms with E-state index in [2.05, 4.69) is 40.0 Å². The number of hydrogen-bond donors (Lipinski definition) is 0. The normalized spacial score (nSPS) is 22.6. The molecule has 0 unspecified atom stereocenters. The Balaban J connectivity index is 1.23. The van der Waals surface area contributed by atoms with E-state index in [1.807, 2.05) is 25.4 Å². The van der Waals surface area contributed by atoms with Gasteiger partial charge in [-0.05, 0) is 81.4 Å². The van der Waals surface area contributed by atoms with Gasteiger partial charge in [-0.2, -0.15) is 0 Å². The lowest BCUT2D eigenvalue weighted by atomic mass is 9.90. The summed E-state index contributed by atoms with van der Waals surface area (Å²) in [6.07, 6.45) is 7.93. The van der Waals surface area contributed by atoms with Crippen LogP contribution in [-0.4, -0.2) is 41.5 Å². The summed E-state index contributed by atoms with van der Waals surface area (Å²) in [5.41, 5.74) is 1.93. The molecular formula is C21H29N3O. The topological polar surface area (TPSA) is 32.5 Å². The van der Waals surface area contributed by atoms with Crippen molar-refractivity contribution in [2.75, 3.05) is 26.7 Å². The van der Waals surface area contributed by atoms with Crippen LogP contribution >= 0.6 is 0 Å². The number of likely N-dealkylation sites (tertiary alicyclic amines) is 1. The van der Waals surface area contributed by atoms with Crippen LogP contribution in [0.2, 0.25) is 0 Å². The number of nitrogens with zero attached hydrogens (tertiary/aromatic N) is 3. The average molecular weight is 339 g/mol. The van der Waals surface area contributed by atoms with Crippen molar-refractivity contribution < 1.29 is 4.42 Å². The highest BCUT2D eigenvalue weighted by molar-refractivity contribution is 5.10. The number of rotatable bonds is 6.